The highest BCUT2D eigenvalue weighted by atomic mass is 35.5. The molecule has 0 aliphatic carbocycles. The van der Waals surface area contributed by atoms with Gasteiger partial charge in [-0.05, 0) is 42.5 Å². The van der Waals surface area contributed by atoms with E-state index in [1.165, 1.54) is 0 Å². The molecule has 1 aliphatic rings. The van der Waals surface area contributed by atoms with Crippen LogP contribution in [0.25, 0.3) is 0 Å². The molecule has 0 bridgehead atoms. The van der Waals surface area contributed by atoms with Crippen molar-refractivity contribution in [3.63, 3.8) is 0 Å². The second kappa shape index (κ2) is 11.9. The first-order chi connectivity index (χ1) is 15.1. The lowest BCUT2D eigenvalue weighted by atomic mass is 10.0. The van der Waals surface area contributed by atoms with Crippen molar-refractivity contribution in [1.29, 1.82) is 0 Å². The van der Waals surface area contributed by atoms with Crippen LogP contribution in [-0.4, -0.2) is 42.0 Å². The molecule has 0 spiro atoms. The van der Waals surface area contributed by atoms with E-state index in [0.717, 1.165) is 37.0 Å². The molecule has 0 saturated carbocycles. The van der Waals surface area contributed by atoms with E-state index in [2.05, 4.69) is 5.32 Å². The highest BCUT2D eigenvalue weighted by molar-refractivity contribution is 6.30. The van der Waals surface area contributed by atoms with Gasteiger partial charge in [0.05, 0.1) is 6.10 Å². The quantitative estimate of drug-likeness (QED) is 0.594. The number of hydrogen-bond donors (Lipinski definition) is 1. The molecule has 2 atom stereocenters. The lowest BCUT2D eigenvalue weighted by Crippen LogP contribution is -2.51. The van der Waals surface area contributed by atoms with Crippen molar-refractivity contribution in [1.82, 2.24) is 10.2 Å². The molecule has 2 aromatic rings. The Hall–Kier alpha value is -2.37. The Bertz CT molecular complexity index is 836. The first-order valence-electron chi connectivity index (χ1n) is 11.0. The molecule has 1 aliphatic heterocycles. The van der Waals surface area contributed by atoms with Crippen molar-refractivity contribution in [2.24, 2.45) is 0 Å². The highest BCUT2D eigenvalue weighted by Crippen LogP contribution is 2.18. The Labute approximate surface area is 189 Å². The molecule has 1 heterocycles. The fourth-order valence-corrected chi connectivity index (χ4v) is 3.96. The number of halogens is 1. The normalized spacial score (nSPS) is 16.6. The maximum Gasteiger partial charge on any atom is 0.243 e. The molecule has 2 amide bonds. The van der Waals surface area contributed by atoms with Crippen molar-refractivity contribution in [2.75, 3.05) is 13.2 Å². The van der Waals surface area contributed by atoms with E-state index in [4.69, 9.17) is 16.3 Å². The van der Waals surface area contributed by atoms with E-state index in [1.807, 2.05) is 61.5 Å². The van der Waals surface area contributed by atoms with Crippen LogP contribution in [0.3, 0.4) is 0 Å². The predicted molar refractivity (Wildman–Crippen MR) is 123 cm³/mol. The molecule has 31 heavy (non-hydrogen) atoms. The Balaban J connectivity index is 1.83. The molecular formula is C25H31ClN2O3. The average Bonchev–Trinajstić information content (AvgIpc) is 3.30. The number of benzene rings is 2. The van der Waals surface area contributed by atoms with E-state index in [1.54, 1.807) is 4.90 Å². The maximum absolute atomic E-state index is 13.3. The third-order valence-electron chi connectivity index (χ3n) is 5.53. The first-order valence-corrected chi connectivity index (χ1v) is 11.4. The van der Waals surface area contributed by atoms with Crippen molar-refractivity contribution >= 4 is 23.4 Å². The molecule has 166 valence electrons. The molecular weight excluding hydrogens is 412 g/mol. The topological polar surface area (TPSA) is 58.6 Å². The van der Waals surface area contributed by atoms with Gasteiger partial charge in [0.2, 0.25) is 11.8 Å². The van der Waals surface area contributed by atoms with Crippen LogP contribution in [0.1, 0.15) is 43.7 Å². The zero-order chi connectivity index (χ0) is 22.1. The molecule has 1 N–H and O–H groups in total. The number of nitrogens with one attached hydrogen (secondary N) is 1. The van der Waals surface area contributed by atoms with Gasteiger partial charge >= 0.3 is 0 Å². The molecule has 1 fully saturated rings. The van der Waals surface area contributed by atoms with Crippen LogP contribution in [0.2, 0.25) is 5.02 Å². The predicted octanol–water partition coefficient (Wildman–Crippen LogP) is 4.38. The Kier molecular flexibility index (Phi) is 8.92. The van der Waals surface area contributed by atoms with Crippen LogP contribution in [0.15, 0.2) is 54.6 Å². The summed E-state index contributed by atoms with van der Waals surface area (Å²) in [5.41, 5.74) is 1.96. The van der Waals surface area contributed by atoms with Gasteiger partial charge < -0.3 is 15.0 Å². The largest absolute Gasteiger partial charge is 0.376 e. The minimum Gasteiger partial charge on any atom is -0.376 e. The maximum atomic E-state index is 13.3. The molecule has 0 aromatic heterocycles. The van der Waals surface area contributed by atoms with E-state index in [0.29, 0.717) is 31.0 Å². The monoisotopic (exact) mass is 442 g/mol. The fraction of sp³-hybridized carbons (Fsp3) is 0.440. The molecule has 2 aromatic carbocycles. The summed E-state index contributed by atoms with van der Waals surface area (Å²) in [5, 5.41) is 3.68. The van der Waals surface area contributed by atoms with Crippen LogP contribution in [0, 0.1) is 0 Å². The van der Waals surface area contributed by atoms with Crippen molar-refractivity contribution in [3.05, 3.63) is 70.7 Å². The summed E-state index contributed by atoms with van der Waals surface area (Å²) in [6.45, 7) is 3.55. The number of amides is 2. The third-order valence-corrected chi connectivity index (χ3v) is 5.78. The number of rotatable bonds is 10. The molecule has 0 radical (unpaired) electrons. The summed E-state index contributed by atoms with van der Waals surface area (Å²) in [7, 11) is 0. The summed E-state index contributed by atoms with van der Waals surface area (Å²) < 4.78 is 5.65. The summed E-state index contributed by atoms with van der Waals surface area (Å²) in [5.74, 6) is -0.164. The van der Waals surface area contributed by atoms with E-state index in [-0.39, 0.29) is 17.9 Å². The van der Waals surface area contributed by atoms with Crippen molar-refractivity contribution in [3.8, 4) is 0 Å². The van der Waals surface area contributed by atoms with Gasteiger partial charge in [-0.25, -0.2) is 0 Å². The van der Waals surface area contributed by atoms with Gasteiger partial charge in [0, 0.05) is 37.6 Å². The number of hydrogen-bond acceptors (Lipinski definition) is 3. The van der Waals surface area contributed by atoms with E-state index in [9.17, 15) is 9.59 Å². The smallest absolute Gasteiger partial charge is 0.243 e. The Morgan fingerprint density at radius 2 is 1.87 bits per heavy atom. The number of carbonyl (C=O) groups is 2. The van der Waals surface area contributed by atoms with Crippen molar-refractivity contribution in [2.45, 2.75) is 57.7 Å². The van der Waals surface area contributed by atoms with Crippen LogP contribution >= 0.6 is 11.6 Å². The molecule has 6 heteroatoms. The molecule has 2 unspecified atom stereocenters. The van der Waals surface area contributed by atoms with Gasteiger partial charge in [0.1, 0.15) is 6.04 Å². The van der Waals surface area contributed by atoms with Crippen LogP contribution < -0.4 is 5.32 Å². The van der Waals surface area contributed by atoms with Gasteiger partial charge in [-0.1, -0.05) is 61.0 Å². The SMILES string of the molecule is CCCC(=O)N(Cc1ccc(Cl)cc1)C(Cc1ccccc1)C(=O)NCC1CCCO1. The van der Waals surface area contributed by atoms with Gasteiger partial charge in [0.15, 0.2) is 0 Å². The lowest BCUT2D eigenvalue weighted by Gasteiger charge is -2.32. The minimum absolute atomic E-state index is 0.0225. The molecule has 1 saturated heterocycles. The summed E-state index contributed by atoms with van der Waals surface area (Å²) in [6.07, 6.45) is 3.61. The standard InChI is InChI=1S/C25H31ClN2O3/c1-2-7-24(29)28(18-20-11-13-21(26)14-12-20)23(16-19-8-4-3-5-9-19)25(30)27-17-22-10-6-15-31-22/h3-5,8-9,11-14,22-23H,2,6-7,10,15-18H2,1H3,(H,27,30). The third kappa shape index (κ3) is 7.08. The number of carbonyl (C=O) groups excluding carboxylic acids is 2. The Morgan fingerprint density at radius 1 is 1.13 bits per heavy atom. The number of ether oxygens (including phenoxy) is 1. The second-order valence-electron chi connectivity index (χ2n) is 7.98. The second-order valence-corrected chi connectivity index (χ2v) is 8.42. The molecule has 3 rings (SSSR count). The van der Waals surface area contributed by atoms with Gasteiger partial charge in [-0.15, -0.1) is 0 Å². The summed E-state index contributed by atoms with van der Waals surface area (Å²) in [6, 6.07) is 16.7. The minimum atomic E-state index is -0.599. The van der Waals surface area contributed by atoms with Crippen LogP contribution in [0.5, 0.6) is 0 Å². The van der Waals surface area contributed by atoms with Gasteiger partial charge in [0.25, 0.3) is 0 Å². The van der Waals surface area contributed by atoms with Gasteiger partial charge in [-0.3, -0.25) is 9.59 Å². The fourth-order valence-electron chi connectivity index (χ4n) is 3.84. The highest BCUT2D eigenvalue weighted by Gasteiger charge is 2.30. The van der Waals surface area contributed by atoms with E-state index >= 15 is 0 Å². The van der Waals surface area contributed by atoms with Crippen LogP contribution in [-0.2, 0) is 27.3 Å². The summed E-state index contributed by atoms with van der Waals surface area (Å²) in [4.78, 5) is 28.1. The molecule has 5 nitrogen and oxygen atoms in total. The summed E-state index contributed by atoms with van der Waals surface area (Å²) >= 11 is 6.03. The average molecular weight is 443 g/mol. The number of nitrogens with zero attached hydrogens (tertiary/aromatic N) is 1. The zero-order valence-electron chi connectivity index (χ0n) is 18.1. The zero-order valence-corrected chi connectivity index (χ0v) is 18.8. The first kappa shape index (κ1) is 23.3. The van der Waals surface area contributed by atoms with Gasteiger partial charge in [-0.2, -0.15) is 0 Å². The van der Waals surface area contributed by atoms with Crippen molar-refractivity contribution < 1.29 is 14.3 Å². The van der Waals surface area contributed by atoms with Crippen LogP contribution in [0.4, 0.5) is 0 Å². The lowest BCUT2D eigenvalue weighted by molar-refractivity contribution is -0.141. The Morgan fingerprint density at radius 3 is 2.52 bits per heavy atom. The van der Waals surface area contributed by atoms with E-state index < -0.39 is 6.04 Å².